The molecule has 1 aromatic carbocycles. The summed E-state index contributed by atoms with van der Waals surface area (Å²) in [7, 11) is 0. The minimum Gasteiger partial charge on any atom is -0.465 e. The monoisotopic (exact) mass is 284 g/mol. The van der Waals surface area contributed by atoms with Gasteiger partial charge in [-0.1, -0.05) is 30.3 Å². The highest BCUT2D eigenvalue weighted by Crippen LogP contribution is 2.16. The molecule has 0 bridgehead atoms. The van der Waals surface area contributed by atoms with Crippen molar-refractivity contribution < 1.29 is 19.1 Å². The molecule has 0 N–H and O–H groups in total. The fourth-order valence-electron chi connectivity index (χ4n) is 1.49. The second-order valence-electron chi connectivity index (χ2n) is 4.00. The van der Waals surface area contributed by atoms with Gasteiger partial charge >= 0.3 is 11.9 Å². The van der Waals surface area contributed by atoms with E-state index in [0.717, 1.165) is 5.56 Å². The number of ether oxygens (including phenoxy) is 2. The van der Waals surface area contributed by atoms with Gasteiger partial charge in [-0.2, -0.15) is 0 Å². The van der Waals surface area contributed by atoms with Crippen LogP contribution in [0.2, 0.25) is 0 Å². The quantitative estimate of drug-likeness (QED) is 0.439. The van der Waals surface area contributed by atoms with Gasteiger partial charge in [-0.25, -0.2) is 0 Å². The molecule has 0 aliphatic heterocycles. The highest BCUT2D eigenvalue weighted by molar-refractivity contribution is 6.26. The summed E-state index contributed by atoms with van der Waals surface area (Å²) in [4.78, 5) is 22.3. The molecule has 0 saturated heterocycles. The van der Waals surface area contributed by atoms with Crippen molar-refractivity contribution in [2.45, 2.75) is 25.9 Å². The first kappa shape index (κ1) is 15.5. The zero-order valence-electron chi connectivity index (χ0n) is 10.8. The van der Waals surface area contributed by atoms with Crippen molar-refractivity contribution in [3.05, 3.63) is 35.9 Å². The zero-order valence-corrected chi connectivity index (χ0v) is 11.6. The smallest absolute Gasteiger partial charge is 0.320 e. The third-order valence-electron chi connectivity index (χ3n) is 2.47. The fraction of sp³-hybridized carbons (Fsp3) is 0.429. The molecule has 104 valence electrons. The second kappa shape index (κ2) is 8.53. The fourth-order valence-corrected chi connectivity index (χ4v) is 1.57. The normalized spacial score (nSPS) is 11.7. The molecule has 5 heteroatoms. The Morgan fingerprint density at radius 1 is 1.21 bits per heavy atom. The molecule has 0 spiro atoms. The van der Waals surface area contributed by atoms with E-state index in [2.05, 4.69) is 0 Å². The van der Waals surface area contributed by atoms with Crippen molar-refractivity contribution in [2.24, 2.45) is 0 Å². The number of rotatable bonds is 7. The molecule has 0 aromatic heterocycles. The van der Waals surface area contributed by atoms with Crippen molar-refractivity contribution in [2.75, 3.05) is 12.5 Å². The molecule has 0 fully saturated rings. The van der Waals surface area contributed by atoms with Crippen LogP contribution in [0, 0.1) is 0 Å². The first-order valence-electron chi connectivity index (χ1n) is 6.09. The molecule has 0 aliphatic carbocycles. The maximum absolute atomic E-state index is 11.6. The van der Waals surface area contributed by atoms with Crippen LogP contribution in [-0.4, -0.2) is 24.4 Å². The molecular weight excluding hydrogens is 268 g/mol. The summed E-state index contributed by atoms with van der Waals surface area (Å²) in [5.41, 5.74) is 0.949. The van der Waals surface area contributed by atoms with E-state index in [1.165, 1.54) is 0 Å². The largest absolute Gasteiger partial charge is 0.465 e. The van der Waals surface area contributed by atoms with Gasteiger partial charge in [0.05, 0.1) is 6.61 Å². The summed E-state index contributed by atoms with van der Waals surface area (Å²) in [6.07, 6.45) is 0.370. The molecule has 19 heavy (non-hydrogen) atoms. The van der Waals surface area contributed by atoms with Gasteiger partial charge in [0.15, 0.2) is 0 Å². The Labute approximate surface area is 117 Å². The van der Waals surface area contributed by atoms with Crippen LogP contribution in [0.3, 0.4) is 0 Å². The first-order valence-corrected chi connectivity index (χ1v) is 6.63. The lowest BCUT2D eigenvalue weighted by Gasteiger charge is -2.13. The summed E-state index contributed by atoms with van der Waals surface area (Å²) in [5.74, 6) is -0.957. The summed E-state index contributed by atoms with van der Waals surface area (Å²) in [5, 5.41) is 0. The number of benzene rings is 1. The molecule has 0 radical (unpaired) electrons. The lowest BCUT2D eigenvalue weighted by atomic mass is 10.1. The van der Waals surface area contributed by atoms with Gasteiger partial charge < -0.3 is 9.47 Å². The molecule has 1 aromatic rings. The van der Waals surface area contributed by atoms with Crippen LogP contribution in [0.5, 0.6) is 0 Å². The molecule has 0 aliphatic rings. The van der Waals surface area contributed by atoms with Gasteiger partial charge in [0.1, 0.15) is 12.0 Å². The molecule has 1 atom stereocenters. The van der Waals surface area contributed by atoms with Crippen LogP contribution in [0.25, 0.3) is 0 Å². The number of carbonyl (C=O) groups is 2. The molecule has 0 heterocycles. The number of hydrogen-bond donors (Lipinski definition) is 0. The van der Waals surface area contributed by atoms with Gasteiger partial charge in [-0.05, 0) is 18.9 Å². The van der Waals surface area contributed by atoms with Crippen LogP contribution >= 0.6 is 11.6 Å². The molecule has 0 saturated carbocycles. The van der Waals surface area contributed by atoms with Gasteiger partial charge in [-0.15, -0.1) is 11.6 Å². The van der Waals surface area contributed by atoms with Gasteiger partial charge in [0.25, 0.3) is 0 Å². The standard InChI is InChI=1S/C14H17ClO4/c1-11(12-6-3-2-4-7-12)19-13(16)8-5-9-18-14(17)10-15/h2-4,6-7,11H,5,8-10H2,1H3. The van der Waals surface area contributed by atoms with Crippen LogP contribution in [-0.2, 0) is 19.1 Å². The lowest BCUT2D eigenvalue weighted by Crippen LogP contribution is -2.11. The Bertz CT molecular complexity index is 405. The van der Waals surface area contributed by atoms with E-state index in [9.17, 15) is 9.59 Å². The molecular formula is C14H17ClO4. The number of halogens is 1. The lowest BCUT2D eigenvalue weighted by molar-refractivity contribution is -0.150. The predicted molar refractivity (Wildman–Crippen MR) is 71.9 cm³/mol. The first-order chi connectivity index (χ1) is 9.13. The average Bonchev–Trinajstić information content (AvgIpc) is 2.44. The Morgan fingerprint density at radius 3 is 2.53 bits per heavy atom. The predicted octanol–water partition coefficient (Wildman–Crippen LogP) is 2.85. The van der Waals surface area contributed by atoms with E-state index in [0.29, 0.717) is 6.42 Å². The Hall–Kier alpha value is -1.55. The zero-order chi connectivity index (χ0) is 14.1. The van der Waals surface area contributed by atoms with Crippen molar-refractivity contribution in [1.82, 2.24) is 0 Å². The van der Waals surface area contributed by atoms with Crippen LogP contribution in [0.4, 0.5) is 0 Å². The van der Waals surface area contributed by atoms with E-state index in [-0.39, 0.29) is 31.0 Å². The highest BCUT2D eigenvalue weighted by atomic mass is 35.5. The maximum atomic E-state index is 11.6. The second-order valence-corrected chi connectivity index (χ2v) is 4.27. The van der Waals surface area contributed by atoms with E-state index in [1.807, 2.05) is 37.3 Å². The number of alkyl halides is 1. The van der Waals surface area contributed by atoms with Crippen molar-refractivity contribution in [3.63, 3.8) is 0 Å². The minimum atomic E-state index is -0.479. The average molecular weight is 285 g/mol. The number of hydrogen-bond acceptors (Lipinski definition) is 4. The summed E-state index contributed by atoms with van der Waals surface area (Å²) >= 11 is 5.26. The molecule has 1 unspecified atom stereocenters. The van der Waals surface area contributed by atoms with Crippen LogP contribution in [0.1, 0.15) is 31.4 Å². The number of esters is 2. The Morgan fingerprint density at radius 2 is 1.89 bits per heavy atom. The van der Waals surface area contributed by atoms with E-state index in [1.54, 1.807) is 0 Å². The van der Waals surface area contributed by atoms with Crippen molar-refractivity contribution in [1.29, 1.82) is 0 Å². The van der Waals surface area contributed by atoms with E-state index >= 15 is 0 Å². The van der Waals surface area contributed by atoms with Crippen molar-refractivity contribution in [3.8, 4) is 0 Å². The van der Waals surface area contributed by atoms with Gasteiger partial charge in [0.2, 0.25) is 0 Å². The summed E-state index contributed by atoms with van der Waals surface area (Å²) in [6.45, 7) is 2.00. The third-order valence-corrected chi connectivity index (χ3v) is 2.69. The van der Waals surface area contributed by atoms with Crippen LogP contribution in [0.15, 0.2) is 30.3 Å². The third kappa shape index (κ3) is 6.25. The SMILES string of the molecule is CC(OC(=O)CCCOC(=O)CCl)c1ccccc1. The minimum absolute atomic E-state index is 0.171. The van der Waals surface area contributed by atoms with Crippen LogP contribution < -0.4 is 0 Å². The molecule has 0 amide bonds. The Balaban J connectivity index is 2.22. The van der Waals surface area contributed by atoms with E-state index < -0.39 is 5.97 Å². The topological polar surface area (TPSA) is 52.6 Å². The number of carbonyl (C=O) groups excluding carboxylic acids is 2. The molecule has 1 rings (SSSR count). The molecule has 4 nitrogen and oxygen atoms in total. The Kier molecular flexibility index (Phi) is 6.97. The summed E-state index contributed by atoms with van der Waals surface area (Å²) < 4.78 is 10.0. The summed E-state index contributed by atoms with van der Waals surface area (Å²) in [6, 6.07) is 9.50. The van der Waals surface area contributed by atoms with Gasteiger partial charge in [0, 0.05) is 6.42 Å². The van der Waals surface area contributed by atoms with E-state index in [4.69, 9.17) is 21.1 Å². The maximum Gasteiger partial charge on any atom is 0.320 e. The van der Waals surface area contributed by atoms with Crippen molar-refractivity contribution >= 4 is 23.5 Å². The van der Waals surface area contributed by atoms with Gasteiger partial charge in [-0.3, -0.25) is 9.59 Å². The highest BCUT2D eigenvalue weighted by Gasteiger charge is 2.11.